The first kappa shape index (κ1) is 26.4. The van der Waals surface area contributed by atoms with E-state index in [0.29, 0.717) is 11.1 Å². The van der Waals surface area contributed by atoms with Gasteiger partial charge < -0.3 is 15.2 Å². The third-order valence-electron chi connectivity index (χ3n) is 5.92. The summed E-state index contributed by atoms with van der Waals surface area (Å²) in [5, 5.41) is 20.5. The number of hydrazone groups is 1. The molecule has 0 aromatic heterocycles. The molecule has 2 heterocycles. The number of nitrogens with zero attached hydrogens (tertiary/aromatic N) is 3. The van der Waals surface area contributed by atoms with Crippen molar-refractivity contribution in [2.45, 2.75) is 30.9 Å². The Kier molecular flexibility index (Phi) is 6.86. The molecule has 2 unspecified atom stereocenters. The van der Waals surface area contributed by atoms with Crippen LogP contribution in [-0.4, -0.2) is 53.5 Å². The van der Waals surface area contributed by atoms with E-state index in [9.17, 15) is 22.7 Å². The number of aryl methyl sites for hydroxylation is 1. The number of allylic oxidation sites excluding steroid dienone is 2. The van der Waals surface area contributed by atoms with Crippen LogP contribution < -0.4 is 15.6 Å². The lowest BCUT2D eigenvalue weighted by molar-refractivity contribution is -0.274. The fraction of sp³-hybridized carbons (Fsp3) is 0.292. The molecule has 2 aromatic carbocycles. The summed E-state index contributed by atoms with van der Waals surface area (Å²) < 4.78 is 86.9. The molecule has 3 N–H and O–H groups in total. The number of benzene rings is 2. The molecule has 0 amide bonds. The lowest BCUT2D eigenvalue weighted by Crippen LogP contribution is -2.62. The van der Waals surface area contributed by atoms with Gasteiger partial charge in [0, 0.05) is 13.2 Å². The summed E-state index contributed by atoms with van der Waals surface area (Å²) >= 11 is 0. The summed E-state index contributed by atoms with van der Waals surface area (Å²) in [5.41, 5.74) is 0.696. The Balaban J connectivity index is 1.59. The smallest absolute Gasteiger partial charge is 0.406 e. The second kappa shape index (κ2) is 9.63. The number of nitrogens with one attached hydrogen (secondary N) is 2. The third-order valence-corrected chi connectivity index (χ3v) is 5.92. The highest BCUT2D eigenvalue weighted by molar-refractivity contribution is 5.75. The van der Waals surface area contributed by atoms with E-state index in [2.05, 4.69) is 20.7 Å². The first-order chi connectivity index (χ1) is 17.3. The monoisotopic (exact) mass is 527 g/mol. The third kappa shape index (κ3) is 5.52. The van der Waals surface area contributed by atoms with E-state index in [0.717, 1.165) is 36.4 Å². The fourth-order valence-corrected chi connectivity index (χ4v) is 4.16. The predicted molar refractivity (Wildman–Crippen MR) is 123 cm³/mol. The number of hydrazine groups is 2. The molecule has 0 bridgehead atoms. The second-order valence-electron chi connectivity index (χ2n) is 8.60. The van der Waals surface area contributed by atoms with Crippen LogP contribution in [0.4, 0.5) is 26.3 Å². The maximum atomic E-state index is 16.1. The minimum atomic E-state index is -4.84. The maximum absolute atomic E-state index is 16.1. The van der Waals surface area contributed by atoms with Gasteiger partial charge in [-0.3, -0.25) is 5.01 Å². The van der Waals surface area contributed by atoms with Gasteiger partial charge >= 0.3 is 12.3 Å². The molecule has 4 rings (SSSR count). The van der Waals surface area contributed by atoms with E-state index in [-0.39, 0.29) is 11.1 Å². The Morgan fingerprint density at radius 2 is 1.78 bits per heavy atom. The summed E-state index contributed by atoms with van der Waals surface area (Å²) in [7, 11) is 1.54. The van der Waals surface area contributed by atoms with E-state index in [1.54, 1.807) is 0 Å². The van der Waals surface area contributed by atoms with E-state index in [1.807, 2.05) is 0 Å². The number of hydrogen-bond donors (Lipinski definition) is 3. The quantitative estimate of drug-likeness (QED) is 0.473. The zero-order valence-corrected chi connectivity index (χ0v) is 19.6. The van der Waals surface area contributed by atoms with Crippen LogP contribution in [-0.2, 0) is 5.60 Å². The zero-order chi connectivity index (χ0) is 27.0. The summed E-state index contributed by atoms with van der Waals surface area (Å²) in [6.45, 7) is 0.787. The van der Waals surface area contributed by atoms with Crippen LogP contribution in [0.2, 0.25) is 0 Å². The van der Waals surface area contributed by atoms with Gasteiger partial charge in [0.25, 0.3) is 0 Å². The number of halogens is 6. The highest BCUT2D eigenvalue weighted by Gasteiger charge is 2.59. The average molecular weight is 527 g/mol. The van der Waals surface area contributed by atoms with Crippen LogP contribution >= 0.6 is 0 Å². The predicted octanol–water partition coefficient (Wildman–Crippen LogP) is 4.04. The Hall–Kier alpha value is -3.71. The number of β-amino-alcohol motifs (C(OH)–C–C–N with tert-alkyl or cyclic N) is 1. The van der Waals surface area contributed by atoms with Crippen molar-refractivity contribution in [3.05, 3.63) is 83.3 Å². The molecule has 37 heavy (non-hydrogen) atoms. The largest absolute Gasteiger partial charge is 0.573 e. The number of ether oxygens (including phenoxy) is 1. The van der Waals surface area contributed by atoms with Gasteiger partial charge in [0.05, 0.1) is 6.54 Å². The first-order valence-electron chi connectivity index (χ1n) is 11.0. The maximum Gasteiger partial charge on any atom is 0.573 e. The van der Waals surface area contributed by atoms with Gasteiger partial charge in [-0.1, -0.05) is 30.4 Å². The standard InChI is InChI=1S/C24H23F6N5O2/c1-15-11-18(25)6-9-20(15)22(36,13-35-14-32-34(2)33-35)23(26,27)21-10-5-17(12-31-21)16-3-7-19(8-4-16)37-24(28,29)30/h3-12,14,21,31,33,36H,13H2,1-2H3. The molecule has 2 aliphatic rings. The van der Waals surface area contributed by atoms with Gasteiger partial charge in [-0.25, -0.2) is 18.3 Å². The first-order valence-corrected chi connectivity index (χ1v) is 11.0. The van der Waals surface area contributed by atoms with E-state index in [4.69, 9.17) is 0 Å². The molecule has 0 saturated heterocycles. The van der Waals surface area contributed by atoms with Crippen molar-refractivity contribution in [1.29, 1.82) is 0 Å². The Labute approximate surface area is 208 Å². The van der Waals surface area contributed by atoms with E-state index in [1.165, 1.54) is 54.8 Å². The van der Waals surface area contributed by atoms with Crippen molar-refractivity contribution >= 4 is 11.9 Å². The van der Waals surface area contributed by atoms with Crippen molar-refractivity contribution in [3.63, 3.8) is 0 Å². The average Bonchev–Trinajstić information content (AvgIpc) is 3.22. The van der Waals surface area contributed by atoms with Crippen molar-refractivity contribution in [3.8, 4) is 5.75 Å². The molecule has 0 aliphatic carbocycles. The molecule has 7 nitrogen and oxygen atoms in total. The molecule has 0 spiro atoms. The lowest BCUT2D eigenvalue weighted by atomic mass is 9.80. The van der Waals surface area contributed by atoms with Crippen molar-refractivity contribution < 1.29 is 36.2 Å². The summed E-state index contributed by atoms with van der Waals surface area (Å²) in [5.74, 6) is -4.89. The molecule has 198 valence electrons. The molecule has 13 heteroatoms. The van der Waals surface area contributed by atoms with E-state index >= 15 is 8.78 Å². The van der Waals surface area contributed by atoms with Crippen LogP contribution in [0.1, 0.15) is 16.7 Å². The molecular formula is C24H23F6N5O2. The highest BCUT2D eigenvalue weighted by Crippen LogP contribution is 2.43. The SMILES string of the molecule is Cc1cc(F)ccc1C(O)(CN1C=NN(C)N1)C(F)(F)C1C=CC(c2ccc(OC(F)(F)F)cc2)=CN1. The summed E-state index contributed by atoms with van der Waals surface area (Å²) in [4.78, 5) is 0. The normalized spacial score (nSPS) is 19.5. The van der Waals surface area contributed by atoms with Gasteiger partial charge in [0.15, 0.2) is 5.60 Å². The number of dihydropyridines is 1. The molecular weight excluding hydrogens is 504 g/mol. The summed E-state index contributed by atoms with van der Waals surface area (Å²) in [6, 6.07) is 6.41. The minimum Gasteiger partial charge on any atom is -0.406 e. The van der Waals surface area contributed by atoms with Crippen LogP contribution in [0, 0.1) is 12.7 Å². The number of rotatable bonds is 7. The topological polar surface area (TPSA) is 72.4 Å². The van der Waals surface area contributed by atoms with Crippen LogP contribution in [0.15, 0.2) is 65.9 Å². The van der Waals surface area contributed by atoms with Crippen LogP contribution in [0.5, 0.6) is 5.75 Å². The minimum absolute atomic E-state index is 0.129. The van der Waals surface area contributed by atoms with Crippen molar-refractivity contribution in [1.82, 2.24) is 21.0 Å². The molecule has 2 aliphatic heterocycles. The molecule has 2 aromatic rings. The van der Waals surface area contributed by atoms with Gasteiger partial charge in [-0.2, -0.15) is 0 Å². The summed E-state index contributed by atoms with van der Waals surface area (Å²) in [6.07, 6.45) is 0.192. The van der Waals surface area contributed by atoms with Gasteiger partial charge in [-0.05, 0) is 53.5 Å². The Morgan fingerprint density at radius 3 is 2.32 bits per heavy atom. The molecule has 0 fully saturated rings. The Morgan fingerprint density at radius 1 is 1.08 bits per heavy atom. The van der Waals surface area contributed by atoms with Crippen LogP contribution in [0.25, 0.3) is 5.57 Å². The van der Waals surface area contributed by atoms with Crippen molar-refractivity contribution in [2.24, 2.45) is 5.10 Å². The number of aliphatic hydroxyl groups is 1. The second-order valence-corrected chi connectivity index (χ2v) is 8.60. The van der Waals surface area contributed by atoms with Gasteiger partial charge in [-0.15, -0.1) is 23.8 Å². The lowest BCUT2D eigenvalue weighted by Gasteiger charge is -2.42. The van der Waals surface area contributed by atoms with E-state index < -0.39 is 42.0 Å². The van der Waals surface area contributed by atoms with Crippen LogP contribution in [0.3, 0.4) is 0 Å². The molecule has 0 radical (unpaired) electrons. The number of alkyl halides is 5. The highest BCUT2D eigenvalue weighted by atomic mass is 19.4. The Bertz CT molecular complexity index is 1230. The van der Waals surface area contributed by atoms with Gasteiger partial charge in [0.2, 0.25) is 0 Å². The zero-order valence-electron chi connectivity index (χ0n) is 19.6. The molecule has 2 atom stereocenters. The number of hydrogen-bond acceptors (Lipinski definition) is 7. The molecule has 0 saturated carbocycles. The van der Waals surface area contributed by atoms with Gasteiger partial charge in [0.1, 0.15) is 23.9 Å². The van der Waals surface area contributed by atoms with Crippen molar-refractivity contribution in [2.75, 3.05) is 13.6 Å². The fourth-order valence-electron chi connectivity index (χ4n) is 4.16.